The third-order valence-electron chi connectivity index (χ3n) is 2.37. The summed E-state index contributed by atoms with van der Waals surface area (Å²) in [6, 6.07) is 0. The Morgan fingerprint density at radius 1 is 1.24 bits per heavy atom. The molecule has 0 aliphatic carbocycles. The third-order valence-corrected chi connectivity index (χ3v) is 2.95. The second-order valence-corrected chi connectivity index (χ2v) is 4.47. The Balaban J connectivity index is 2.74. The molecule has 0 saturated carbocycles. The molecule has 0 aliphatic heterocycles. The van der Waals surface area contributed by atoms with Crippen LogP contribution in [0.2, 0.25) is 0 Å². The molecule has 0 spiro atoms. The summed E-state index contributed by atoms with van der Waals surface area (Å²) >= 11 is 3.01. The summed E-state index contributed by atoms with van der Waals surface area (Å²) in [7, 11) is 0. The van der Waals surface area contributed by atoms with E-state index in [2.05, 4.69) is 26.0 Å². The Morgan fingerprint density at radius 2 is 1.86 bits per heavy atom. The molecule has 12 heteroatoms. The van der Waals surface area contributed by atoms with Gasteiger partial charge in [-0.15, -0.1) is 0 Å². The zero-order chi connectivity index (χ0) is 15.7. The SMILES string of the molecule is O=C(O)c1nn(-c2c(Br)cncc2[N+](=O)[O-])cc1[N+](=O)[O-]. The van der Waals surface area contributed by atoms with E-state index in [1.165, 1.54) is 6.20 Å². The van der Waals surface area contributed by atoms with Crippen LogP contribution in [0.1, 0.15) is 10.5 Å². The molecule has 2 heterocycles. The lowest BCUT2D eigenvalue weighted by Crippen LogP contribution is -2.05. The fraction of sp³-hybridized carbons (Fsp3) is 0. The van der Waals surface area contributed by atoms with Crippen molar-refractivity contribution in [3.8, 4) is 5.69 Å². The van der Waals surface area contributed by atoms with Crippen molar-refractivity contribution in [3.63, 3.8) is 0 Å². The monoisotopic (exact) mass is 357 g/mol. The number of carboxylic acids is 1. The van der Waals surface area contributed by atoms with Crippen LogP contribution in [0.4, 0.5) is 11.4 Å². The Bertz CT molecular complexity index is 740. The van der Waals surface area contributed by atoms with Gasteiger partial charge in [0.05, 0.1) is 14.3 Å². The highest BCUT2D eigenvalue weighted by molar-refractivity contribution is 9.10. The van der Waals surface area contributed by atoms with Crippen molar-refractivity contribution in [2.24, 2.45) is 0 Å². The summed E-state index contributed by atoms with van der Waals surface area (Å²) in [5.41, 5.74) is -2.25. The summed E-state index contributed by atoms with van der Waals surface area (Å²) in [6.07, 6.45) is 2.93. The minimum Gasteiger partial charge on any atom is -0.476 e. The standard InChI is InChI=1S/C9H4BrN5O6/c10-4-1-11-2-5(14(18)19)8(4)13-3-6(15(20)21)7(12-13)9(16)17/h1-3H,(H,16,17). The molecule has 0 radical (unpaired) electrons. The van der Waals surface area contributed by atoms with E-state index in [1.807, 2.05) is 0 Å². The van der Waals surface area contributed by atoms with Crippen LogP contribution in [0.5, 0.6) is 0 Å². The number of carbonyl (C=O) groups is 1. The smallest absolute Gasteiger partial charge is 0.363 e. The molecule has 0 saturated heterocycles. The van der Waals surface area contributed by atoms with Crippen LogP contribution in [0.25, 0.3) is 5.69 Å². The van der Waals surface area contributed by atoms with Gasteiger partial charge in [0, 0.05) is 6.20 Å². The highest BCUT2D eigenvalue weighted by Gasteiger charge is 2.29. The number of hydrogen-bond donors (Lipinski definition) is 1. The maximum absolute atomic E-state index is 11.0. The maximum Gasteiger partial charge on any atom is 0.363 e. The van der Waals surface area contributed by atoms with Crippen LogP contribution in [0.15, 0.2) is 23.1 Å². The Morgan fingerprint density at radius 3 is 2.33 bits per heavy atom. The van der Waals surface area contributed by atoms with Crippen LogP contribution in [0.3, 0.4) is 0 Å². The zero-order valence-electron chi connectivity index (χ0n) is 9.83. The van der Waals surface area contributed by atoms with Crippen LogP contribution >= 0.6 is 15.9 Å². The number of nitrogens with zero attached hydrogens (tertiary/aromatic N) is 5. The summed E-state index contributed by atoms with van der Waals surface area (Å²) in [5, 5.41) is 34.2. The summed E-state index contributed by atoms with van der Waals surface area (Å²) in [6.45, 7) is 0. The number of rotatable bonds is 4. The number of carboxylic acid groups (broad SMARTS) is 1. The van der Waals surface area contributed by atoms with E-state index >= 15 is 0 Å². The van der Waals surface area contributed by atoms with Crippen LogP contribution in [-0.2, 0) is 0 Å². The molecule has 2 aromatic rings. The van der Waals surface area contributed by atoms with Crippen molar-refractivity contribution >= 4 is 33.3 Å². The number of aromatic carboxylic acids is 1. The van der Waals surface area contributed by atoms with Crippen molar-refractivity contribution in [3.05, 3.63) is 49.0 Å². The highest BCUT2D eigenvalue weighted by Crippen LogP contribution is 2.31. The topological polar surface area (TPSA) is 154 Å². The first-order valence-electron chi connectivity index (χ1n) is 5.08. The van der Waals surface area contributed by atoms with Gasteiger partial charge in [-0.05, 0) is 15.9 Å². The van der Waals surface area contributed by atoms with Gasteiger partial charge in [0.2, 0.25) is 5.69 Å². The molecular weight excluding hydrogens is 354 g/mol. The number of pyridine rings is 1. The number of nitro groups is 2. The number of aromatic nitrogens is 3. The highest BCUT2D eigenvalue weighted by atomic mass is 79.9. The molecule has 2 rings (SSSR count). The average Bonchev–Trinajstić information content (AvgIpc) is 2.83. The van der Waals surface area contributed by atoms with Crippen molar-refractivity contribution in [2.75, 3.05) is 0 Å². The average molecular weight is 358 g/mol. The summed E-state index contributed by atoms with van der Waals surface area (Å²) < 4.78 is 0.886. The van der Waals surface area contributed by atoms with E-state index in [1.54, 1.807) is 0 Å². The maximum atomic E-state index is 11.0. The van der Waals surface area contributed by atoms with E-state index in [-0.39, 0.29) is 10.2 Å². The Kier molecular flexibility index (Phi) is 3.62. The van der Waals surface area contributed by atoms with Gasteiger partial charge in [-0.1, -0.05) is 0 Å². The first-order chi connectivity index (χ1) is 9.82. The van der Waals surface area contributed by atoms with Gasteiger partial charge in [-0.2, -0.15) is 5.10 Å². The molecule has 2 aromatic heterocycles. The van der Waals surface area contributed by atoms with Gasteiger partial charge in [-0.25, -0.2) is 9.48 Å². The Labute approximate surface area is 123 Å². The van der Waals surface area contributed by atoms with Gasteiger partial charge in [-0.3, -0.25) is 25.2 Å². The normalized spacial score (nSPS) is 10.3. The fourth-order valence-corrected chi connectivity index (χ4v) is 2.05. The summed E-state index contributed by atoms with van der Waals surface area (Å²) in [4.78, 5) is 34.6. The number of halogens is 1. The second-order valence-electron chi connectivity index (χ2n) is 3.62. The molecule has 21 heavy (non-hydrogen) atoms. The van der Waals surface area contributed by atoms with Gasteiger partial charge in [0.1, 0.15) is 12.4 Å². The molecule has 0 bridgehead atoms. The van der Waals surface area contributed by atoms with Crippen LogP contribution in [0, 0.1) is 20.2 Å². The lowest BCUT2D eigenvalue weighted by atomic mass is 10.3. The molecular formula is C9H4BrN5O6. The van der Waals surface area contributed by atoms with Gasteiger partial charge in [0.25, 0.3) is 0 Å². The molecule has 1 N–H and O–H groups in total. The first-order valence-corrected chi connectivity index (χ1v) is 5.88. The van der Waals surface area contributed by atoms with Crippen molar-refractivity contribution in [1.29, 1.82) is 0 Å². The lowest BCUT2D eigenvalue weighted by molar-refractivity contribution is -0.385. The minimum absolute atomic E-state index is 0.131. The van der Waals surface area contributed by atoms with Gasteiger partial charge >= 0.3 is 17.3 Å². The molecule has 11 nitrogen and oxygen atoms in total. The number of hydrogen-bond acceptors (Lipinski definition) is 7. The molecule has 0 fully saturated rings. The Hall–Kier alpha value is -2.89. The van der Waals surface area contributed by atoms with Crippen LogP contribution < -0.4 is 0 Å². The van der Waals surface area contributed by atoms with Crippen molar-refractivity contribution < 1.29 is 19.7 Å². The van der Waals surface area contributed by atoms with E-state index in [0.29, 0.717) is 0 Å². The molecule has 108 valence electrons. The largest absolute Gasteiger partial charge is 0.476 e. The van der Waals surface area contributed by atoms with Crippen molar-refractivity contribution in [2.45, 2.75) is 0 Å². The molecule has 0 atom stereocenters. The van der Waals surface area contributed by atoms with E-state index < -0.39 is 32.9 Å². The molecule has 0 amide bonds. The fourth-order valence-electron chi connectivity index (χ4n) is 1.54. The van der Waals surface area contributed by atoms with E-state index in [4.69, 9.17) is 5.11 Å². The third kappa shape index (κ3) is 2.55. The molecule has 0 aromatic carbocycles. The van der Waals surface area contributed by atoms with Crippen LogP contribution in [-0.4, -0.2) is 35.7 Å². The predicted molar refractivity (Wildman–Crippen MR) is 69.3 cm³/mol. The quantitative estimate of drug-likeness (QED) is 0.637. The molecule has 0 unspecified atom stereocenters. The predicted octanol–water partition coefficient (Wildman–Crippen LogP) is 1.54. The summed E-state index contributed by atoms with van der Waals surface area (Å²) in [5.74, 6) is -1.62. The zero-order valence-corrected chi connectivity index (χ0v) is 11.4. The minimum atomic E-state index is -1.62. The lowest BCUT2D eigenvalue weighted by Gasteiger charge is -2.03. The second kappa shape index (κ2) is 5.24. The first kappa shape index (κ1) is 14.5. The van der Waals surface area contributed by atoms with E-state index in [0.717, 1.165) is 17.1 Å². The van der Waals surface area contributed by atoms with Crippen molar-refractivity contribution in [1.82, 2.24) is 14.8 Å². The van der Waals surface area contributed by atoms with Gasteiger partial charge < -0.3 is 5.11 Å². The molecule has 0 aliphatic rings. The van der Waals surface area contributed by atoms with Gasteiger partial charge in [0.15, 0.2) is 5.69 Å². The van der Waals surface area contributed by atoms with E-state index in [9.17, 15) is 25.0 Å².